The van der Waals surface area contributed by atoms with Gasteiger partial charge in [0.25, 0.3) is 0 Å². The standard InChI is InChI=1S/C21H27ClN4OS/c22-16-7-8-19(24-14-16)26-12-9-15(10-13-26)21(27)23-11-3-6-20-25-17-4-1-2-5-18(17)28-20/h7-8,14-15H,1-6,9-13H2,(H,23,27). The molecule has 28 heavy (non-hydrogen) atoms. The highest BCUT2D eigenvalue weighted by Gasteiger charge is 2.25. The van der Waals surface area contributed by atoms with Crippen molar-refractivity contribution in [2.75, 3.05) is 24.5 Å². The molecule has 3 heterocycles. The van der Waals surface area contributed by atoms with E-state index in [0.717, 1.165) is 57.6 Å². The van der Waals surface area contributed by atoms with E-state index in [-0.39, 0.29) is 11.8 Å². The van der Waals surface area contributed by atoms with Gasteiger partial charge in [0.05, 0.1) is 15.7 Å². The molecule has 1 amide bonds. The fourth-order valence-electron chi connectivity index (χ4n) is 4.03. The molecule has 7 heteroatoms. The van der Waals surface area contributed by atoms with Gasteiger partial charge in [-0.2, -0.15) is 0 Å². The van der Waals surface area contributed by atoms with Crippen LogP contribution in [0, 0.1) is 5.92 Å². The Morgan fingerprint density at radius 3 is 2.82 bits per heavy atom. The second-order valence-corrected chi connectivity index (χ2v) is 9.28. The summed E-state index contributed by atoms with van der Waals surface area (Å²) in [5, 5.41) is 5.02. The third kappa shape index (κ3) is 4.84. The molecular weight excluding hydrogens is 392 g/mol. The van der Waals surface area contributed by atoms with Gasteiger partial charge in [0.15, 0.2) is 0 Å². The zero-order valence-corrected chi connectivity index (χ0v) is 17.7. The molecule has 0 aromatic carbocycles. The van der Waals surface area contributed by atoms with Crippen molar-refractivity contribution in [3.8, 4) is 0 Å². The van der Waals surface area contributed by atoms with Crippen molar-refractivity contribution >= 4 is 34.7 Å². The van der Waals surface area contributed by atoms with Crippen LogP contribution in [0.5, 0.6) is 0 Å². The lowest BCUT2D eigenvalue weighted by Crippen LogP contribution is -2.41. The lowest BCUT2D eigenvalue weighted by atomic mass is 9.96. The Balaban J connectivity index is 1.17. The van der Waals surface area contributed by atoms with Crippen molar-refractivity contribution in [1.82, 2.24) is 15.3 Å². The first kappa shape index (κ1) is 19.6. The van der Waals surface area contributed by atoms with Gasteiger partial charge in [-0.25, -0.2) is 9.97 Å². The van der Waals surface area contributed by atoms with Crippen LogP contribution in [0.3, 0.4) is 0 Å². The molecule has 1 fully saturated rings. The number of amides is 1. The third-order valence-electron chi connectivity index (χ3n) is 5.66. The molecule has 1 aliphatic carbocycles. The van der Waals surface area contributed by atoms with Crippen molar-refractivity contribution in [2.24, 2.45) is 5.92 Å². The lowest BCUT2D eigenvalue weighted by Gasteiger charge is -2.32. The number of nitrogens with zero attached hydrogens (tertiary/aromatic N) is 3. The number of hydrogen-bond acceptors (Lipinski definition) is 5. The summed E-state index contributed by atoms with van der Waals surface area (Å²) in [6.07, 6.45) is 10.3. The molecule has 0 radical (unpaired) electrons. The summed E-state index contributed by atoms with van der Waals surface area (Å²) in [4.78, 5) is 25.4. The van der Waals surface area contributed by atoms with Gasteiger partial charge in [-0.1, -0.05) is 11.6 Å². The predicted octanol–water partition coefficient (Wildman–Crippen LogP) is 4.04. The van der Waals surface area contributed by atoms with Crippen LogP contribution in [-0.2, 0) is 24.1 Å². The van der Waals surface area contributed by atoms with Gasteiger partial charge in [0.2, 0.25) is 5.91 Å². The van der Waals surface area contributed by atoms with Gasteiger partial charge in [0.1, 0.15) is 5.82 Å². The summed E-state index contributed by atoms with van der Waals surface area (Å²) >= 11 is 7.78. The van der Waals surface area contributed by atoms with E-state index in [1.165, 1.54) is 34.8 Å². The number of thiazole rings is 1. The number of pyridine rings is 1. The first-order chi connectivity index (χ1) is 13.7. The number of aryl methyl sites for hydroxylation is 3. The fourth-order valence-corrected chi connectivity index (χ4v) is 5.34. The fraction of sp³-hybridized carbons (Fsp3) is 0.571. The number of halogens is 1. The Morgan fingerprint density at radius 1 is 1.25 bits per heavy atom. The molecule has 5 nitrogen and oxygen atoms in total. The number of piperidine rings is 1. The molecule has 1 saturated heterocycles. The second kappa shape index (κ2) is 9.23. The van der Waals surface area contributed by atoms with Gasteiger partial charge in [-0.15, -0.1) is 11.3 Å². The minimum atomic E-state index is 0.107. The van der Waals surface area contributed by atoms with Crippen LogP contribution in [0.4, 0.5) is 5.82 Å². The number of hydrogen-bond donors (Lipinski definition) is 1. The summed E-state index contributed by atoms with van der Waals surface area (Å²) in [6, 6.07) is 3.81. The molecule has 0 bridgehead atoms. The van der Waals surface area contributed by atoms with Crippen LogP contribution in [0.1, 0.15) is 47.7 Å². The van der Waals surface area contributed by atoms with Crippen LogP contribution >= 0.6 is 22.9 Å². The van der Waals surface area contributed by atoms with Gasteiger partial charge in [-0.05, 0) is 57.1 Å². The van der Waals surface area contributed by atoms with Crippen LogP contribution in [0.25, 0.3) is 0 Å². The van der Waals surface area contributed by atoms with Crippen LogP contribution in [0.2, 0.25) is 5.02 Å². The number of nitrogens with one attached hydrogen (secondary N) is 1. The highest BCUT2D eigenvalue weighted by Crippen LogP contribution is 2.27. The Morgan fingerprint density at radius 2 is 2.07 bits per heavy atom. The number of rotatable bonds is 6. The second-order valence-electron chi connectivity index (χ2n) is 7.68. The summed E-state index contributed by atoms with van der Waals surface area (Å²) in [7, 11) is 0. The lowest BCUT2D eigenvalue weighted by molar-refractivity contribution is -0.125. The minimum Gasteiger partial charge on any atom is -0.357 e. The number of anilines is 1. The van der Waals surface area contributed by atoms with Crippen LogP contribution in [0.15, 0.2) is 18.3 Å². The predicted molar refractivity (Wildman–Crippen MR) is 114 cm³/mol. The molecule has 0 spiro atoms. The van der Waals surface area contributed by atoms with E-state index in [4.69, 9.17) is 16.6 Å². The van der Waals surface area contributed by atoms with E-state index in [9.17, 15) is 4.79 Å². The molecule has 1 aliphatic heterocycles. The largest absolute Gasteiger partial charge is 0.357 e. The molecule has 0 atom stereocenters. The molecule has 0 unspecified atom stereocenters. The van der Waals surface area contributed by atoms with Crippen LogP contribution < -0.4 is 10.2 Å². The van der Waals surface area contributed by atoms with E-state index in [0.29, 0.717) is 5.02 Å². The average molecular weight is 419 g/mol. The van der Waals surface area contributed by atoms with E-state index in [2.05, 4.69) is 15.2 Å². The van der Waals surface area contributed by atoms with E-state index >= 15 is 0 Å². The first-order valence-electron chi connectivity index (χ1n) is 10.3. The highest BCUT2D eigenvalue weighted by molar-refractivity contribution is 7.11. The maximum atomic E-state index is 12.5. The van der Waals surface area contributed by atoms with Crippen molar-refractivity contribution < 1.29 is 4.79 Å². The summed E-state index contributed by atoms with van der Waals surface area (Å²) in [5.74, 6) is 1.24. The quantitative estimate of drug-likeness (QED) is 0.719. The molecular formula is C21H27ClN4OS. The van der Waals surface area contributed by atoms with E-state index in [1.54, 1.807) is 6.20 Å². The average Bonchev–Trinajstić information content (AvgIpc) is 3.15. The molecule has 2 aromatic rings. The molecule has 4 rings (SSSR count). The zero-order chi connectivity index (χ0) is 19.3. The monoisotopic (exact) mass is 418 g/mol. The SMILES string of the molecule is O=C(NCCCc1nc2c(s1)CCCC2)C1CCN(c2ccc(Cl)cn2)CC1. The van der Waals surface area contributed by atoms with E-state index < -0.39 is 0 Å². The summed E-state index contributed by atoms with van der Waals surface area (Å²) < 4.78 is 0. The Bertz CT molecular complexity index is 776. The Labute approximate surface area is 175 Å². The smallest absolute Gasteiger partial charge is 0.223 e. The topological polar surface area (TPSA) is 58.1 Å². The maximum Gasteiger partial charge on any atom is 0.223 e. The minimum absolute atomic E-state index is 0.107. The molecule has 150 valence electrons. The van der Waals surface area contributed by atoms with Gasteiger partial charge >= 0.3 is 0 Å². The van der Waals surface area contributed by atoms with Gasteiger partial charge in [-0.3, -0.25) is 4.79 Å². The maximum absolute atomic E-state index is 12.5. The van der Waals surface area contributed by atoms with Crippen molar-refractivity contribution in [3.63, 3.8) is 0 Å². The number of carbonyl (C=O) groups excluding carboxylic acids is 1. The number of carbonyl (C=O) groups is 1. The Hall–Kier alpha value is -1.66. The first-order valence-corrected chi connectivity index (χ1v) is 11.5. The van der Waals surface area contributed by atoms with Crippen molar-refractivity contribution in [2.45, 2.75) is 51.4 Å². The number of fused-ring (bicyclic) bond motifs is 1. The van der Waals surface area contributed by atoms with Crippen molar-refractivity contribution in [3.05, 3.63) is 38.9 Å². The number of aromatic nitrogens is 2. The summed E-state index contributed by atoms with van der Waals surface area (Å²) in [6.45, 7) is 2.46. The molecule has 2 aromatic heterocycles. The normalized spacial score (nSPS) is 17.4. The van der Waals surface area contributed by atoms with E-state index in [1.807, 2.05) is 23.5 Å². The summed E-state index contributed by atoms with van der Waals surface area (Å²) in [5.41, 5.74) is 1.33. The third-order valence-corrected chi connectivity index (χ3v) is 7.10. The van der Waals surface area contributed by atoms with Gasteiger partial charge < -0.3 is 10.2 Å². The highest BCUT2D eigenvalue weighted by atomic mass is 35.5. The van der Waals surface area contributed by atoms with Crippen LogP contribution in [-0.4, -0.2) is 35.5 Å². The van der Waals surface area contributed by atoms with Crippen molar-refractivity contribution in [1.29, 1.82) is 0 Å². The Kier molecular flexibility index (Phi) is 6.47. The molecule has 2 aliphatic rings. The zero-order valence-electron chi connectivity index (χ0n) is 16.1. The van der Waals surface area contributed by atoms with Gasteiger partial charge in [0, 0.05) is 43.0 Å². The molecule has 1 N–H and O–H groups in total. The molecule has 0 saturated carbocycles.